The summed E-state index contributed by atoms with van der Waals surface area (Å²) >= 11 is 0. The smallest absolute Gasteiger partial charge is 0.314 e. The number of hydrogen-bond acceptors (Lipinski definition) is 0. The fourth-order valence-corrected chi connectivity index (χ4v) is 0.408. The van der Waals surface area contributed by atoms with Crippen molar-refractivity contribution in [3.8, 4) is 0 Å². The molecule has 0 aromatic rings. The summed E-state index contributed by atoms with van der Waals surface area (Å²) in [5, 5.41) is 0. The summed E-state index contributed by atoms with van der Waals surface area (Å²) in [7, 11) is 0. The Kier molecular flexibility index (Phi) is 9.22. The molecule has 0 aliphatic heterocycles. The quantitative estimate of drug-likeness (QED) is 0.584. The third kappa shape index (κ3) is 5.24. The fourth-order valence-electron chi connectivity index (χ4n) is 0.408. The Labute approximate surface area is 78.3 Å². The zero-order valence-electron chi connectivity index (χ0n) is 6.36. The van der Waals surface area contributed by atoms with Gasteiger partial charge in [0.25, 0.3) is 0 Å². The zero-order valence-corrected chi connectivity index (χ0v) is 9.20. The van der Waals surface area contributed by atoms with E-state index in [1.54, 1.807) is 5.92 Å². The van der Waals surface area contributed by atoms with Gasteiger partial charge in [0.1, 0.15) is 0 Å². The van der Waals surface area contributed by atoms with Gasteiger partial charge in [-0.25, -0.2) is 0 Å². The van der Waals surface area contributed by atoms with Gasteiger partial charge in [0.2, 0.25) is 0 Å². The van der Waals surface area contributed by atoms with Gasteiger partial charge in [-0.3, -0.25) is 0 Å². The van der Waals surface area contributed by atoms with E-state index in [0.717, 1.165) is 5.92 Å². The topological polar surface area (TPSA) is 0 Å². The van der Waals surface area contributed by atoms with E-state index in [2.05, 4.69) is 27.7 Å². The van der Waals surface area contributed by atoms with Crippen molar-refractivity contribution in [3.63, 3.8) is 0 Å². The molecule has 0 spiro atoms. The van der Waals surface area contributed by atoms with Gasteiger partial charge >= 0.3 is 32.7 Å². The van der Waals surface area contributed by atoms with E-state index in [-0.39, 0.29) is 32.7 Å². The first-order valence-electron chi connectivity index (χ1n) is 3.00. The van der Waals surface area contributed by atoms with Gasteiger partial charge in [0.05, 0.1) is 0 Å². The average Bonchev–Trinajstić information content (AvgIpc) is 1.65. The second kappa shape index (κ2) is 6.23. The van der Waals surface area contributed by atoms with Crippen LogP contribution in [0.4, 0.5) is 0 Å². The molecule has 0 atom stereocenters. The van der Waals surface area contributed by atoms with Crippen LogP contribution in [0.3, 0.4) is 0 Å². The van der Waals surface area contributed by atoms with E-state index < -0.39 is 0 Å². The predicted molar refractivity (Wildman–Crippen MR) is 34.0 cm³/mol. The Morgan fingerprint density at radius 3 is 1.75 bits per heavy atom. The van der Waals surface area contributed by atoms with Gasteiger partial charge in [-0.1, -0.05) is 20.8 Å². The van der Waals surface area contributed by atoms with Crippen LogP contribution in [0, 0.1) is 11.8 Å². The molecule has 0 amide bonds. The van der Waals surface area contributed by atoms with Crippen LogP contribution < -0.4 is 0 Å². The summed E-state index contributed by atoms with van der Waals surface area (Å²) in [4.78, 5) is 0. The summed E-state index contributed by atoms with van der Waals surface area (Å²) < 4.78 is 0. The number of hydrogen-bond donors (Lipinski definition) is 0. The van der Waals surface area contributed by atoms with Crippen LogP contribution >= 0.6 is 0 Å². The van der Waals surface area contributed by atoms with E-state index in [1.165, 1.54) is 6.42 Å². The average molecular weight is 188 g/mol. The molecule has 0 heterocycles. The third-order valence-electron chi connectivity index (χ3n) is 1.54. The van der Waals surface area contributed by atoms with Crippen LogP contribution in [0.25, 0.3) is 0 Å². The largest absolute Gasteiger partial charge is 3.00 e. The second-order valence-corrected chi connectivity index (χ2v) is 2.35. The van der Waals surface area contributed by atoms with Crippen molar-refractivity contribution in [2.75, 3.05) is 0 Å². The first-order valence-corrected chi connectivity index (χ1v) is 3.00. The molecule has 0 aliphatic carbocycles. The molecular formula is C7H15Y+2. The first kappa shape index (κ1) is 11.8. The maximum Gasteiger partial charge on any atom is 3.00 e. The van der Waals surface area contributed by atoms with Crippen LogP contribution in [-0.2, 0) is 32.7 Å². The molecule has 0 rings (SSSR count). The van der Waals surface area contributed by atoms with Crippen LogP contribution in [0.5, 0.6) is 0 Å². The summed E-state index contributed by atoms with van der Waals surface area (Å²) in [5.74, 6) is 2.38. The Hall–Kier alpha value is 1.10. The summed E-state index contributed by atoms with van der Waals surface area (Å²) in [5.41, 5.74) is 0. The summed E-state index contributed by atoms with van der Waals surface area (Å²) in [6.45, 7) is 8.89. The Morgan fingerprint density at radius 1 is 1.38 bits per heavy atom. The standard InChI is InChI=1S/C7H15.Y/c1-5-7(4)6(2)3;/h6H,5H2,1-4H3;/q-1;+3. The van der Waals surface area contributed by atoms with Crippen molar-refractivity contribution in [2.24, 2.45) is 5.92 Å². The van der Waals surface area contributed by atoms with Gasteiger partial charge in [0, 0.05) is 0 Å². The van der Waals surface area contributed by atoms with Crippen molar-refractivity contribution < 1.29 is 32.7 Å². The first-order chi connectivity index (χ1) is 3.18. The van der Waals surface area contributed by atoms with Crippen LogP contribution in [0.15, 0.2) is 0 Å². The molecule has 0 aromatic heterocycles. The SMILES string of the molecule is CC[C-](C)C(C)C.[Y+3]. The maximum atomic E-state index is 2.23. The Balaban J connectivity index is 0. The Bertz CT molecular complexity index is 41.7. The molecule has 1 heteroatoms. The molecule has 8 heavy (non-hydrogen) atoms. The van der Waals surface area contributed by atoms with Gasteiger partial charge in [-0.15, -0.1) is 0 Å². The van der Waals surface area contributed by atoms with Crippen molar-refractivity contribution in [3.05, 3.63) is 5.92 Å². The van der Waals surface area contributed by atoms with E-state index >= 15 is 0 Å². The van der Waals surface area contributed by atoms with Crippen molar-refractivity contribution in [1.82, 2.24) is 0 Å². The predicted octanol–water partition coefficient (Wildman–Crippen LogP) is 2.64. The van der Waals surface area contributed by atoms with Gasteiger partial charge < -0.3 is 5.92 Å². The monoisotopic (exact) mass is 188 g/mol. The molecule has 0 radical (unpaired) electrons. The molecular weight excluding hydrogens is 173 g/mol. The molecule has 0 N–H and O–H groups in total. The van der Waals surface area contributed by atoms with Gasteiger partial charge in [0.15, 0.2) is 0 Å². The molecule has 0 nitrogen and oxygen atoms in total. The van der Waals surface area contributed by atoms with Crippen LogP contribution in [-0.4, -0.2) is 0 Å². The molecule has 44 valence electrons. The second-order valence-electron chi connectivity index (χ2n) is 2.35. The minimum atomic E-state index is 0. The molecule has 0 fully saturated rings. The minimum absolute atomic E-state index is 0. The third-order valence-corrected chi connectivity index (χ3v) is 1.54. The Morgan fingerprint density at radius 2 is 1.75 bits per heavy atom. The van der Waals surface area contributed by atoms with Crippen LogP contribution in [0.2, 0.25) is 0 Å². The van der Waals surface area contributed by atoms with Crippen LogP contribution in [0.1, 0.15) is 34.1 Å². The van der Waals surface area contributed by atoms with Crippen molar-refractivity contribution >= 4 is 0 Å². The van der Waals surface area contributed by atoms with E-state index in [1.807, 2.05) is 0 Å². The molecule has 0 bridgehead atoms. The normalized spacial score (nSPS) is 9.75. The number of rotatable bonds is 2. The molecule has 0 aliphatic rings. The van der Waals surface area contributed by atoms with Crippen molar-refractivity contribution in [2.45, 2.75) is 34.1 Å². The maximum absolute atomic E-state index is 2.23. The van der Waals surface area contributed by atoms with E-state index in [9.17, 15) is 0 Å². The van der Waals surface area contributed by atoms with E-state index in [0.29, 0.717) is 0 Å². The van der Waals surface area contributed by atoms with Gasteiger partial charge in [-0.05, 0) is 0 Å². The molecule has 0 saturated heterocycles. The van der Waals surface area contributed by atoms with Gasteiger partial charge in [-0.2, -0.15) is 19.3 Å². The van der Waals surface area contributed by atoms with E-state index in [4.69, 9.17) is 0 Å². The molecule has 0 saturated carbocycles. The molecule has 0 aromatic carbocycles. The molecule has 0 unspecified atom stereocenters. The summed E-state index contributed by atoms with van der Waals surface area (Å²) in [6.07, 6.45) is 1.23. The fraction of sp³-hybridized carbons (Fsp3) is 0.857. The summed E-state index contributed by atoms with van der Waals surface area (Å²) in [6, 6.07) is 0. The van der Waals surface area contributed by atoms with Crippen molar-refractivity contribution in [1.29, 1.82) is 0 Å². The zero-order chi connectivity index (χ0) is 5.86. The minimum Gasteiger partial charge on any atom is -0.314 e.